The molecular formula is C79H41N3O2S3. The Bertz CT molecular complexity index is 6160. The lowest BCUT2D eigenvalue weighted by Crippen LogP contribution is -2.11. The van der Waals surface area contributed by atoms with Crippen LogP contribution in [0.3, 0.4) is 0 Å². The minimum atomic E-state index is 0.568. The topological polar surface area (TPSA) is 59.9 Å². The number of thiophene rings is 3. The molecule has 0 unspecified atom stereocenters. The molecule has 0 bridgehead atoms. The molecule has 7 aromatic heterocycles. The Balaban J connectivity index is 1.10. The Morgan fingerprint density at radius 1 is 0.287 bits per heavy atom. The van der Waals surface area contributed by atoms with E-state index in [0.29, 0.717) is 5.56 Å². The highest BCUT2D eigenvalue weighted by molar-refractivity contribution is 7.26. The molecule has 0 spiro atoms. The van der Waals surface area contributed by atoms with Gasteiger partial charge in [0.1, 0.15) is 28.4 Å². The zero-order valence-corrected chi connectivity index (χ0v) is 48.5. The van der Waals surface area contributed by atoms with Gasteiger partial charge in [0.05, 0.1) is 49.8 Å². The lowest BCUT2D eigenvalue weighted by Gasteiger charge is -2.28. The molecule has 0 radical (unpaired) electrons. The second-order valence-electron chi connectivity index (χ2n) is 22.8. The molecule has 20 aromatic rings. The molecule has 0 saturated carbocycles. The Labute approximate surface area is 506 Å². The van der Waals surface area contributed by atoms with E-state index in [0.717, 1.165) is 142 Å². The molecule has 0 saturated heterocycles. The zero-order chi connectivity index (χ0) is 56.8. The predicted molar refractivity (Wildman–Crippen MR) is 369 cm³/mol. The maximum Gasteiger partial charge on any atom is 0.137 e. The number of hydrogen-bond acceptors (Lipinski definition) is 6. The van der Waals surface area contributed by atoms with Crippen molar-refractivity contribution in [1.82, 2.24) is 9.13 Å². The smallest absolute Gasteiger partial charge is 0.137 e. The Morgan fingerprint density at radius 2 is 0.621 bits per heavy atom. The summed E-state index contributed by atoms with van der Waals surface area (Å²) in [5.41, 5.74) is 15.2. The van der Waals surface area contributed by atoms with Crippen LogP contribution in [-0.4, -0.2) is 9.13 Å². The third-order valence-electron chi connectivity index (χ3n) is 18.4. The second-order valence-corrected chi connectivity index (χ2v) is 26.1. The van der Waals surface area contributed by atoms with Gasteiger partial charge >= 0.3 is 0 Å². The third-order valence-corrected chi connectivity index (χ3v) is 21.8. The summed E-state index contributed by atoms with van der Waals surface area (Å²) < 4.78 is 25.9. The number of hydrogen-bond donors (Lipinski definition) is 0. The highest BCUT2D eigenvalue weighted by Gasteiger charge is 2.34. The third kappa shape index (κ3) is 6.49. The van der Waals surface area contributed by atoms with Crippen LogP contribution in [0.5, 0.6) is 0 Å². The van der Waals surface area contributed by atoms with E-state index < -0.39 is 0 Å². The van der Waals surface area contributed by atoms with Gasteiger partial charge in [-0.3, -0.25) is 0 Å². The number of nitriles is 1. The summed E-state index contributed by atoms with van der Waals surface area (Å²) in [6, 6.07) is 93.4. The van der Waals surface area contributed by atoms with Crippen LogP contribution in [0.25, 0.3) is 193 Å². The lowest BCUT2D eigenvalue weighted by molar-refractivity contribution is 0.669. The van der Waals surface area contributed by atoms with Gasteiger partial charge in [0, 0.05) is 110 Å². The van der Waals surface area contributed by atoms with Gasteiger partial charge in [-0.15, -0.1) is 34.0 Å². The molecule has 5 nitrogen and oxygen atoms in total. The molecule has 0 amide bonds. The predicted octanol–water partition coefficient (Wildman–Crippen LogP) is 23.7. The summed E-state index contributed by atoms with van der Waals surface area (Å²) in [7, 11) is 0. The van der Waals surface area contributed by atoms with Gasteiger partial charge in [0.15, 0.2) is 0 Å². The molecule has 0 aliphatic carbocycles. The van der Waals surface area contributed by atoms with Crippen LogP contribution in [0, 0.1) is 11.3 Å². The Hall–Kier alpha value is -10.8. The van der Waals surface area contributed by atoms with Gasteiger partial charge < -0.3 is 18.0 Å². The van der Waals surface area contributed by atoms with Gasteiger partial charge in [-0.25, -0.2) is 0 Å². The summed E-state index contributed by atoms with van der Waals surface area (Å²) in [5.74, 6) is 0. The molecule has 0 atom stereocenters. The first kappa shape index (κ1) is 47.6. The first-order valence-electron chi connectivity index (χ1n) is 29.2. The quantitative estimate of drug-likeness (QED) is 0.173. The summed E-state index contributed by atoms with van der Waals surface area (Å²) in [6.07, 6.45) is 0. The molecule has 0 aliphatic heterocycles. The minimum absolute atomic E-state index is 0.568. The van der Waals surface area contributed by atoms with Crippen LogP contribution < -0.4 is 0 Å². The number of rotatable bonds is 5. The fourth-order valence-electron chi connectivity index (χ4n) is 14.8. The number of furan rings is 2. The van der Waals surface area contributed by atoms with Crippen LogP contribution in [0.4, 0.5) is 0 Å². The molecule has 7 heterocycles. The number of aromatic nitrogens is 2. The van der Waals surface area contributed by atoms with Gasteiger partial charge in [-0.1, -0.05) is 164 Å². The second kappa shape index (κ2) is 17.6. The first-order chi connectivity index (χ1) is 43.1. The average Bonchev–Trinajstić information content (AvgIpc) is 1.67. The SMILES string of the molecule is N#Cc1c(-c2ccc3c(c2)sc2ccccc23)c(-n2c3ccccc3c3ccc4oc5ccccc5c4c32)c(-c2ccc3c(c2)sc2ccccc23)c(-n2c3ccccc3c3ccc4oc5ccccc5c4c32)c1-c1ccc2c(c1)sc1ccccc12. The van der Waals surface area contributed by atoms with E-state index in [-0.39, 0.29) is 0 Å². The van der Waals surface area contributed by atoms with Gasteiger partial charge in [-0.2, -0.15) is 5.26 Å². The van der Waals surface area contributed by atoms with Crippen LogP contribution in [-0.2, 0) is 0 Å². The van der Waals surface area contributed by atoms with Crippen molar-refractivity contribution in [2.24, 2.45) is 0 Å². The van der Waals surface area contributed by atoms with E-state index in [9.17, 15) is 5.26 Å². The molecule has 20 rings (SSSR count). The van der Waals surface area contributed by atoms with Crippen LogP contribution >= 0.6 is 34.0 Å². The van der Waals surface area contributed by atoms with E-state index in [1.165, 1.54) is 51.1 Å². The maximum absolute atomic E-state index is 13.0. The summed E-state index contributed by atoms with van der Waals surface area (Å²) in [6.45, 7) is 0. The number of benzene rings is 13. The van der Waals surface area contributed by atoms with Crippen molar-refractivity contribution >= 4 is 182 Å². The maximum atomic E-state index is 13.0. The molecule has 87 heavy (non-hydrogen) atoms. The first-order valence-corrected chi connectivity index (χ1v) is 31.6. The molecule has 0 aliphatic rings. The fourth-order valence-corrected chi connectivity index (χ4v) is 18.2. The molecule has 13 aromatic carbocycles. The lowest BCUT2D eigenvalue weighted by atomic mass is 9.83. The largest absolute Gasteiger partial charge is 0.456 e. The Morgan fingerprint density at radius 3 is 1.03 bits per heavy atom. The number of nitrogens with zero attached hydrogens (tertiary/aromatic N) is 3. The minimum Gasteiger partial charge on any atom is -0.456 e. The van der Waals surface area contributed by atoms with Crippen molar-refractivity contribution in [2.45, 2.75) is 0 Å². The van der Waals surface area contributed by atoms with Crippen molar-refractivity contribution in [3.63, 3.8) is 0 Å². The molecule has 8 heteroatoms. The molecular weight excluding hydrogens is 1120 g/mol. The summed E-state index contributed by atoms with van der Waals surface area (Å²) in [4.78, 5) is 0. The highest BCUT2D eigenvalue weighted by Crippen LogP contribution is 2.56. The summed E-state index contributed by atoms with van der Waals surface area (Å²) >= 11 is 5.42. The Kier molecular flexibility index (Phi) is 9.65. The number of para-hydroxylation sites is 4. The number of fused-ring (bicyclic) bond motifs is 23. The van der Waals surface area contributed by atoms with Gasteiger partial charge in [0.25, 0.3) is 0 Å². The molecule has 0 N–H and O–H groups in total. The molecule has 0 fully saturated rings. The zero-order valence-electron chi connectivity index (χ0n) is 46.1. The van der Waals surface area contributed by atoms with E-state index in [1.807, 2.05) is 23.5 Å². The van der Waals surface area contributed by atoms with Crippen molar-refractivity contribution in [2.75, 3.05) is 0 Å². The van der Waals surface area contributed by atoms with Crippen molar-refractivity contribution < 1.29 is 8.83 Å². The highest BCUT2D eigenvalue weighted by atomic mass is 32.1. The van der Waals surface area contributed by atoms with Crippen LogP contribution in [0.2, 0.25) is 0 Å². The normalized spacial score (nSPS) is 12.4. The van der Waals surface area contributed by atoms with Gasteiger partial charge in [0.2, 0.25) is 0 Å². The van der Waals surface area contributed by atoms with E-state index in [2.05, 4.69) is 252 Å². The summed E-state index contributed by atoms with van der Waals surface area (Å²) in [5, 5.41) is 28.7. The van der Waals surface area contributed by atoms with Crippen molar-refractivity contribution in [3.05, 3.63) is 254 Å². The van der Waals surface area contributed by atoms with E-state index in [4.69, 9.17) is 8.83 Å². The average molecular weight is 1160 g/mol. The van der Waals surface area contributed by atoms with E-state index >= 15 is 0 Å². The molecule has 402 valence electrons. The van der Waals surface area contributed by atoms with Crippen molar-refractivity contribution in [1.29, 1.82) is 5.26 Å². The van der Waals surface area contributed by atoms with E-state index in [1.54, 1.807) is 22.7 Å². The van der Waals surface area contributed by atoms with Crippen LogP contribution in [0.15, 0.2) is 258 Å². The van der Waals surface area contributed by atoms with Crippen LogP contribution in [0.1, 0.15) is 5.56 Å². The van der Waals surface area contributed by atoms with Crippen molar-refractivity contribution in [3.8, 4) is 50.8 Å². The fraction of sp³-hybridized carbons (Fsp3) is 0. The van der Waals surface area contributed by atoms with Gasteiger partial charge in [-0.05, 0) is 102 Å². The standard InChI is InChI=1S/C79H41N3O2S3/c80-42-58-71(43-29-32-51-48-17-5-12-26-65(48)85-68(51)39-43)78(81-59-22-8-1-15-46(59)54-35-37-63-74(76(54)81)56-20-3-10-24-61(56)83-63)73(45-31-34-53-50-19-7-14-28-67(50)87-70(53)41-45)79(72(58)44-30-33-52-49-18-6-13-27-66(49)86-69(52)40-44)82-60-23-9-2-16-47(60)55-36-38-64-75(77(55)82)57-21-4-11-25-62(57)84-64/h1-41H. The monoisotopic (exact) mass is 1160 g/mol.